The lowest BCUT2D eigenvalue weighted by molar-refractivity contribution is -0.139. The number of carboxylic acid groups (broad SMARTS) is 1. The van der Waals surface area contributed by atoms with Crippen LogP contribution in [0.1, 0.15) is 12.8 Å². The number of hydrogen-bond acceptors (Lipinski definition) is 5. The van der Waals surface area contributed by atoms with Crippen LogP contribution in [0.2, 0.25) is 0 Å². The lowest BCUT2D eigenvalue weighted by atomic mass is 10.2. The lowest BCUT2D eigenvalue weighted by Crippen LogP contribution is -2.32. The van der Waals surface area contributed by atoms with Crippen molar-refractivity contribution in [2.24, 2.45) is 5.73 Å². The van der Waals surface area contributed by atoms with Crippen molar-refractivity contribution in [1.29, 1.82) is 0 Å². The smallest absolute Gasteiger partial charge is 0.480 e. The fourth-order valence-electron chi connectivity index (χ4n) is 0.571. The second-order valence-electron chi connectivity index (χ2n) is 2.59. The quantitative estimate of drug-likeness (QED) is 0.272. The Labute approximate surface area is 84.4 Å². The van der Waals surface area contributed by atoms with E-state index in [9.17, 15) is 14.2 Å². The summed E-state index contributed by atoms with van der Waals surface area (Å²) in [4.78, 5) is 37.4. The third-order valence-corrected chi connectivity index (χ3v) is 1.61. The van der Waals surface area contributed by atoms with E-state index in [1.165, 1.54) is 5.48 Å². The van der Waals surface area contributed by atoms with E-state index in [1.807, 2.05) is 0 Å². The summed E-state index contributed by atoms with van der Waals surface area (Å²) in [5.74, 6) is -2.13. The molecule has 0 fully saturated rings. The van der Waals surface area contributed by atoms with E-state index in [0.717, 1.165) is 0 Å². The highest BCUT2D eigenvalue weighted by molar-refractivity contribution is 7.46. The molecule has 0 spiro atoms. The molecular formula is C5H11N2O7P. The van der Waals surface area contributed by atoms with Crippen molar-refractivity contribution in [1.82, 2.24) is 5.48 Å². The molecule has 0 aliphatic carbocycles. The van der Waals surface area contributed by atoms with Crippen molar-refractivity contribution < 1.29 is 33.7 Å². The van der Waals surface area contributed by atoms with Gasteiger partial charge < -0.3 is 20.6 Å². The highest BCUT2D eigenvalue weighted by Gasteiger charge is 2.18. The van der Waals surface area contributed by atoms with E-state index >= 15 is 0 Å². The Hall–Kier alpha value is -0.990. The molecule has 6 N–H and O–H groups in total. The molecule has 9 nitrogen and oxygen atoms in total. The minimum atomic E-state index is -4.77. The average molecular weight is 242 g/mol. The molecule has 10 heteroatoms. The Morgan fingerprint density at radius 1 is 1.47 bits per heavy atom. The molecule has 0 saturated carbocycles. The lowest BCUT2D eigenvalue weighted by Gasteiger charge is -2.07. The number of hydrogen-bond donors (Lipinski definition) is 5. The van der Waals surface area contributed by atoms with Crippen LogP contribution in [-0.2, 0) is 18.8 Å². The van der Waals surface area contributed by atoms with E-state index in [2.05, 4.69) is 4.62 Å². The highest BCUT2D eigenvalue weighted by atomic mass is 31.2. The first-order chi connectivity index (χ1) is 6.72. The molecule has 0 radical (unpaired) electrons. The summed E-state index contributed by atoms with van der Waals surface area (Å²) in [5.41, 5.74) is 6.54. The van der Waals surface area contributed by atoms with Crippen LogP contribution in [0.4, 0.5) is 0 Å². The van der Waals surface area contributed by atoms with Crippen LogP contribution in [0.3, 0.4) is 0 Å². The van der Waals surface area contributed by atoms with Crippen molar-refractivity contribution in [3.8, 4) is 0 Å². The Bertz CT molecular complexity index is 287. The van der Waals surface area contributed by atoms with Gasteiger partial charge in [-0.05, 0) is 6.42 Å². The minimum Gasteiger partial charge on any atom is -0.480 e. The molecule has 0 aromatic carbocycles. The summed E-state index contributed by atoms with van der Waals surface area (Å²) in [6, 6.07) is -1.20. The Balaban J connectivity index is 3.77. The molecule has 0 aromatic rings. The van der Waals surface area contributed by atoms with E-state index < -0.39 is 25.7 Å². The van der Waals surface area contributed by atoms with Gasteiger partial charge in [0.2, 0.25) is 5.91 Å². The van der Waals surface area contributed by atoms with Crippen molar-refractivity contribution >= 4 is 19.7 Å². The molecule has 0 rings (SSSR count). The summed E-state index contributed by atoms with van der Waals surface area (Å²) in [7, 11) is -4.77. The number of aliphatic carboxylic acids is 1. The van der Waals surface area contributed by atoms with Gasteiger partial charge in [-0.1, -0.05) is 0 Å². The van der Waals surface area contributed by atoms with E-state index in [0.29, 0.717) is 0 Å². The molecule has 15 heavy (non-hydrogen) atoms. The predicted molar refractivity (Wildman–Crippen MR) is 46.1 cm³/mol. The van der Waals surface area contributed by atoms with Gasteiger partial charge in [-0.25, -0.2) is 10.0 Å². The van der Waals surface area contributed by atoms with Crippen LogP contribution in [-0.4, -0.2) is 32.8 Å². The molecule has 0 heterocycles. The molecule has 1 atom stereocenters. The number of rotatable bonds is 6. The fraction of sp³-hybridized carbons (Fsp3) is 0.600. The predicted octanol–water partition coefficient (Wildman–Crippen LogP) is -1.68. The van der Waals surface area contributed by atoms with Crippen LogP contribution < -0.4 is 11.2 Å². The molecule has 0 saturated heterocycles. The maximum atomic E-state index is 10.8. The first kappa shape index (κ1) is 14.0. The molecule has 88 valence electrons. The Kier molecular flexibility index (Phi) is 5.40. The molecule has 0 aliphatic rings. The van der Waals surface area contributed by atoms with Gasteiger partial charge in [0.25, 0.3) is 0 Å². The zero-order valence-corrected chi connectivity index (χ0v) is 8.39. The summed E-state index contributed by atoms with van der Waals surface area (Å²) < 4.78 is 13.8. The van der Waals surface area contributed by atoms with Gasteiger partial charge in [-0.3, -0.25) is 9.59 Å². The van der Waals surface area contributed by atoms with Crippen molar-refractivity contribution in [2.75, 3.05) is 0 Å². The van der Waals surface area contributed by atoms with Crippen molar-refractivity contribution in [3.63, 3.8) is 0 Å². The monoisotopic (exact) mass is 242 g/mol. The first-order valence-corrected chi connectivity index (χ1v) is 5.27. The van der Waals surface area contributed by atoms with Crippen LogP contribution >= 0.6 is 7.82 Å². The number of hydroxylamine groups is 1. The van der Waals surface area contributed by atoms with Crippen LogP contribution in [0, 0.1) is 0 Å². The van der Waals surface area contributed by atoms with Gasteiger partial charge in [0.1, 0.15) is 6.04 Å². The maximum Gasteiger partial charge on any atom is 0.491 e. The molecule has 0 unspecified atom stereocenters. The second-order valence-corrected chi connectivity index (χ2v) is 3.75. The minimum absolute atomic E-state index is 0.161. The number of carbonyl (C=O) groups is 2. The Morgan fingerprint density at radius 2 is 2.00 bits per heavy atom. The molecule has 0 aliphatic heterocycles. The van der Waals surface area contributed by atoms with Gasteiger partial charge in [0.05, 0.1) is 0 Å². The van der Waals surface area contributed by atoms with Gasteiger partial charge in [0, 0.05) is 6.42 Å². The van der Waals surface area contributed by atoms with E-state index in [4.69, 9.17) is 20.6 Å². The van der Waals surface area contributed by atoms with Gasteiger partial charge >= 0.3 is 13.8 Å². The average Bonchev–Trinajstić information content (AvgIpc) is 2.09. The normalized spacial score (nSPS) is 13.3. The standard InChI is InChI=1S/C5H11N2O7P/c6-3(5(9)10)1-2-4(8)7-14-15(11,12)13/h3H,1-2,6H2,(H,7,8)(H,9,10)(H2,11,12,13)/t3-/m0/s1. The largest absolute Gasteiger partial charge is 0.491 e. The second kappa shape index (κ2) is 5.79. The van der Waals surface area contributed by atoms with Crippen molar-refractivity contribution in [3.05, 3.63) is 0 Å². The number of nitrogens with two attached hydrogens (primary N) is 1. The van der Waals surface area contributed by atoms with Gasteiger partial charge in [-0.15, -0.1) is 0 Å². The summed E-state index contributed by atoms with van der Waals surface area (Å²) in [5, 5.41) is 8.34. The van der Waals surface area contributed by atoms with E-state index in [-0.39, 0.29) is 12.8 Å². The van der Waals surface area contributed by atoms with Crippen LogP contribution in [0.25, 0.3) is 0 Å². The summed E-state index contributed by atoms with van der Waals surface area (Å²) in [6.45, 7) is 0. The first-order valence-electron chi connectivity index (χ1n) is 3.73. The van der Waals surface area contributed by atoms with Gasteiger partial charge in [-0.2, -0.15) is 4.62 Å². The Morgan fingerprint density at radius 3 is 2.40 bits per heavy atom. The van der Waals surface area contributed by atoms with Crippen LogP contribution in [0.15, 0.2) is 0 Å². The number of carbonyl (C=O) groups excluding carboxylic acids is 1. The highest BCUT2D eigenvalue weighted by Crippen LogP contribution is 2.33. The maximum absolute atomic E-state index is 10.8. The SMILES string of the molecule is N[C@@H](CCC(=O)NOP(=O)(O)O)C(=O)O. The third-order valence-electron chi connectivity index (χ3n) is 1.28. The molecule has 0 aromatic heterocycles. The molecular weight excluding hydrogens is 231 g/mol. The zero-order valence-electron chi connectivity index (χ0n) is 7.49. The van der Waals surface area contributed by atoms with Crippen molar-refractivity contribution in [2.45, 2.75) is 18.9 Å². The number of carboxylic acids is 1. The number of amides is 1. The fourth-order valence-corrected chi connectivity index (χ4v) is 0.792. The van der Waals surface area contributed by atoms with E-state index in [1.54, 1.807) is 0 Å². The number of phosphoric acid groups is 1. The summed E-state index contributed by atoms with van der Waals surface area (Å²) in [6.07, 6.45) is -0.473. The summed E-state index contributed by atoms with van der Waals surface area (Å²) >= 11 is 0. The van der Waals surface area contributed by atoms with Gasteiger partial charge in [0.15, 0.2) is 0 Å². The zero-order chi connectivity index (χ0) is 12.1. The number of nitrogens with one attached hydrogen (secondary N) is 1. The topological polar surface area (TPSA) is 159 Å². The molecule has 0 bridgehead atoms. The molecule has 1 amide bonds. The third kappa shape index (κ3) is 8.03. The van der Waals surface area contributed by atoms with Crippen LogP contribution in [0.5, 0.6) is 0 Å².